The summed E-state index contributed by atoms with van der Waals surface area (Å²) in [6.45, 7) is 0. The average Bonchev–Trinajstić information content (AvgIpc) is 2.28. The van der Waals surface area contributed by atoms with Crippen LogP contribution in [-0.2, 0) is 12.0 Å². The predicted octanol–water partition coefficient (Wildman–Crippen LogP) is 1.25. The van der Waals surface area contributed by atoms with Gasteiger partial charge in [0.1, 0.15) is 5.84 Å². The third-order valence-corrected chi connectivity index (χ3v) is 2.52. The molecule has 1 heterocycles. The molecule has 0 aromatic heterocycles. The number of hydrogen-bond acceptors (Lipinski definition) is 4. The van der Waals surface area contributed by atoms with Crippen molar-refractivity contribution in [3.05, 3.63) is 47.7 Å². The van der Waals surface area contributed by atoms with Gasteiger partial charge in [-0.2, -0.15) is 13.2 Å². The summed E-state index contributed by atoms with van der Waals surface area (Å²) in [6, 6.07) is 4.45. The van der Waals surface area contributed by atoms with Crippen LogP contribution in [-0.4, -0.2) is 5.84 Å². The lowest BCUT2D eigenvalue weighted by Crippen LogP contribution is -2.49. The molecule has 0 bridgehead atoms. The summed E-state index contributed by atoms with van der Waals surface area (Å²) in [5.74, 6) is -1.13. The molecule has 1 unspecified atom stereocenters. The molecule has 96 valence electrons. The standard InChI is InChI=1S/C11H11F3N4/c12-10(13,14)7-1-3-8(4-2-7)11(16)17-6-5-9(15)18-11/h1-6,17H,16H2,(H2,15,18). The number of nitrogens with zero attached hydrogens (tertiary/aromatic N) is 1. The van der Waals surface area contributed by atoms with Gasteiger partial charge in [0.15, 0.2) is 0 Å². The molecule has 1 aliphatic heterocycles. The smallest absolute Gasteiger partial charge is 0.384 e. The summed E-state index contributed by atoms with van der Waals surface area (Å²) in [6.07, 6.45) is -1.36. The van der Waals surface area contributed by atoms with Crippen molar-refractivity contribution >= 4 is 5.84 Å². The molecule has 4 nitrogen and oxygen atoms in total. The average molecular weight is 256 g/mol. The number of aliphatic imine (C=N–C) groups is 1. The van der Waals surface area contributed by atoms with Crippen LogP contribution in [0.2, 0.25) is 0 Å². The van der Waals surface area contributed by atoms with Gasteiger partial charge in [-0.3, -0.25) is 5.73 Å². The van der Waals surface area contributed by atoms with Crippen LogP contribution in [0.5, 0.6) is 0 Å². The van der Waals surface area contributed by atoms with Crippen LogP contribution in [0.4, 0.5) is 13.2 Å². The molecule has 0 saturated carbocycles. The lowest BCUT2D eigenvalue weighted by Gasteiger charge is -2.28. The lowest BCUT2D eigenvalue weighted by atomic mass is 10.1. The Balaban J connectivity index is 2.33. The topological polar surface area (TPSA) is 76.4 Å². The maximum absolute atomic E-state index is 12.4. The van der Waals surface area contributed by atoms with Crippen LogP contribution in [0.1, 0.15) is 11.1 Å². The van der Waals surface area contributed by atoms with Gasteiger partial charge in [0, 0.05) is 11.8 Å². The monoisotopic (exact) mass is 256 g/mol. The zero-order valence-corrected chi connectivity index (χ0v) is 9.20. The third kappa shape index (κ3) is 2.30. The van der Waals surface area contributed by atoms with E-state index in [0.717, 1.165) is 12.1 Å². The van der Waals surface area contributed by atoms with E-state index in [-0.39, 0.29) is 5.84 Å². The first-order valence-electron chi connectivity index (χ1n) is 5.07. The molecule has 1 atom stereocenters. The maximum atomic E-state index is 12.4. The number of rotatable bonds is 1. The van der Waals surface area contributed by atoms with Gasteiger partial charge in [-0.15, -0.1) is 0 Å². The molecule has 1 aromatic rings. The Morgan fingerprint density at radius 2 is 1.78 bits per heavy atom. The molecule has 0 aliphatic carbocycles. The van der Waals surface area contributed by atoms with Crippen molar-refractivity contribution in [1.82, 2.24) is 5.32 Å². The van der Waals surface area contributed by atoms with Gasteiger partial charge < -0.3 is 11.1 Å². The number of nitrogens with one attached hydrogen (secondary N) is 1. The van der Waals surface area contributed by atoms with E-state index in [4.69, 9.17) is 11.5 Å². The summed E-state index contributed by atoms with van der Waals surface area (Å²) in [4.78, 5) is 3.97. The van der Waals surface area contributed by atoms with E-state index in [1.54, 1.807) is 0 Å². The van der Waals surface area contributed by atoms with Crippen LogP contribution in [0.3, 0.4) is 0 Å². The molecule has 1 aromatic carbocycles. The lowest BCUT2D eigenvalue weighted by molar-refractivity contribution is -0.137. The Bertz CT molecular complexity index is 504. The minimum Gasteiger partial charge on any atom is -0.384 e. The van der Waals surface area contributed by atoms with Gasteiger partial charge in [0.05, 0.1) is 5.56 Å². The summed E-state index contributed by atoms with van der Waals surface area (Å²) < 4.78 is 37.2. The molecule has 18 heavy (non-hydrogen) atoms. The van der Waals surface area contributed by atoms with Crippen molar-refractivity contribution in [3.63, 3.8) is 0 Å². The number of halogens is 3. The minimum absolute atomic E-state index is 0.205. The largest absolute Gasteiger partial charge is 0.416 e. The highest BCUT2D eigenvalue weighted by Gasteiger charge is 2.32. The van der Waals surface area contributed by atoms with Gasteiger partial charge in [0.25, 0.3) is 0 Å². The van der Waals surface area contributed by atoms with E-state index >= 15 is 0 Å². The Kier molecular flexibility index (Phi) is 2.78. The fourth-order valence-electron chi connectivity index (χ4n) is 1.59. The van der Waals surface area contributed by atoms with Crippen molar-refractivity contribution in [3.8, 4) is 0 Å². The van der Waals surface area contributed by atoms with Crippen LogP contribution >= 0.6 is 0 Å². The third-order valence-electron chi connectivity index (χ3n) is 2.52. The SMILES string of the molecule is NC1=NC(N)(c2ccc(C(F)(F)F)cc2)NC=C1. The summed E-state index contributed by atoms with van der Waals surface area (Å²) in [5.41, 5.74) is 11.1. The van der Waals surface area contributed by atoms with Crippen molar-refractivity contribution in [2.45, 2.75) is 12.0 Å². The molecule has 1 aliphatic rings. The normalized spacial score (nSPS) is 23.4. The Labute approximate surface area is 101 Å². The van der Waals surface area contributed by atoms with Crippen LogP contribution in [0.15, 0.2) is 41.5 Å². The molecule has 0 radical (unpaired) electrons. The highest BCUT2D eigenvalue weighted by Crippen LogP contribution is 2.30. The van der Waals surface area contributed by atoms with E-state index in [1.807, 2.05) is 0 Å². The molecular formula is C11H11F3N4. The van der Waals surface area contributed by atoms with Gasteiger partial charge in [-0.25, -0.2) is 4.99 Å². The van der Waals surface area contributed by atoms with Crippen LogP contribution < -0.4 is 16.8 Å². The molecule has 0 saturated heterocycles. The quantitative estimate of drug-likeness (QED) is 0.707. The maximum Gasteiger partial charge on any atom is 0.416 e. The Morgan fingerprint density at radius 1 is 1.17 bits per heavy atom. The highest BCUT2D eigenvalue weighted by atomic mass is 19.4. The van der Waals surface area contributed by atoms with E-state index in [0.29, 0.717) is 5.56 Å². The fraction of sp³-hybridized carbons (Fsp3) is 0.182. The molecule has 0 spiro atoms. The van der Waals surface area contributed by atoms with Gasteiger partial charge in [0.2, 0.25) is 5.79 Å². The molecular weight excluding hydrogens is 245 g/mol. The van der Waals surface area contributed by atoms with Gasteiger partial charge in [-0.05, 0) is 18.2 Å². The molecule has 5 N–H and O–H groups in total. The predicted molar refractivity (Wildman–Crippen MR) is 61.2 cm³/mol. The number of alkyl halides is 3. The highest BCUT2D eigenvalue weighted by molar-refractivity contribution is 5.92. The summed E-state index contributed by atoms with van der Waals surface area (Å²) in [7, 11) is 0. The summed E-state index contributed by atoms with van der Waals surface area (Å²) >= 11 is 0. The second-order valence-corrected chi connectivity index (χ2v) is 3.86. The Hall–Kier alpha value is -2.02. The first kappa shape index (κ1) is 12.4. The second kappa shape index (κ2) is 4.02. The Morgan fingerprint density at radius 3 is 2.28 bits per heavy atom. The first-order chi connectivity index (χ1) is 8.31. The number of amidine groups is 1. The van der Waals surface area contributed by atoms with E-state index in [2.05, 4.69) is 10.3 Å². The second-order valence-electron chi connectivity index (χ2n) is 3.86. The van der Waals surface area contributed by atoms with Crippen LogP contribution in [0.25, 0.3) is 0 Å². The molecule has 2 rings (SSSR count). The fourth-order valence-corrected chi connectivity index (χ4v) is 1.59. The number of hydrogen-bond donors (Lipinski definition) is 3. The van der Waals surface area contributed by atoms with E-state index in [1.165, 1.54) is 24.4 Å². The van der Waals surface area contributed by atoms with Crippen molar-refractivity contribution in [2.24, 2.45) is 16.5 Å². The van der Waals surface area contributed by atoms with Crippen molar-refractivity contribution in [1.29, 1.82) is 0 Å². The van der Waals surface area contributed by atoms with E-state index in [9.17, 15) is 13.2 Å². The molecule has 0 amide bonds. The van der Waals surface area contributed by atoms with Crippen molar-refractivity contribution < 1.29 is 13.2 Å². The zero-order chi connectivity index (χ0) is 13.4. The minimum atomic E-state index is -4.37. The first-order valence-corrected chi connectivity index (χ1v) is 5.07. The van der Waals surface area contributed by atoms with Crippen LogP contribution in [0, 0.1) is 0 Å². The number of nitrogens with two attached hydrogens (primary N) is 2. The van der Waals surface area contributed by atoms with Gasteiger partial charge in [-0.1, -0.05) is 12.1 Å². The molecule has 0 fully saturated rings. The molecule has 7 heteroatoms. The summed E-state index contributed by atoms with van der Waals surface area (Å²) in [5, 5.41) is 2.75. The zero-order valence-electron chi connectivity index (χ0n) is 9.20. The van der Waals surface area contributed by atoms with E-state index < -0.39 is 17.5 Å². The van der Waals surface area contributed by atoms with Gasteiger partial charge >= 0.3 is 6.18 Å². The number of benzene rings is 1. The van der Waals surface area contributed by atoms with Crippen molar-refractivity contribution in [2.75, 3.05) is 0 Å².